The van der Waals surface area contributed by atoms with E-state index in [4.69, 9.17) is 24.5 Å². The molecule has 0 saturated carbocycles. The Morgan fingerprint density at radius 1 is 1.14 bits per heavy atom. The fourth-order valence-corrected chi connectivity index (χ4v) is 3.80. The summed E-state index contributed by atoms with van der Waals surface area (Å²) >= 11 is 3.28. The van der Waals surface area contributed by atoms with Crippen molar-refractivity contribution in [3.8, 4) is 28.4 Å². The number of carbonyl (C=O) groups excluding carboxylic acids is 1. The number of carbonyl (C=O) groups is 2. The van der Waals surface area contributed by atoms with Crippen molar-refractivity contribution in [1.29, 1.82) is 0 Å². The number of nitrogens with zero attached hydrogens (tertiary/aromatic N) is 3. The second-order valence-electron chi connectivity index (χ2n) is 7.53. The average molecular weight is 563 g/mol. The molecule has 4 rings (SSSR count). The number of nitrogens with two attached hydrogens (primary N) is 1. The quantitative estimate of drug-likeness (QED) is 0.292. The number of halogens is 3. The summed E-state index contributed by atoms with van der Waals surface area (Å²) in [6.45, 7) is 1.67. The number of amides is 1. The Hall–Kier alpha value is -4.13. The van der Waals surface area contributed by atoms with Crippen molar-refractivity contribution in [2.24, 2.45) is 5.73 Å². The Kier molecular flexibility index (Phi) is 7.10. The maximum Gasteiger partial charge on any atom is 0.303 e. The van der Waals surface area contributed by atoms with Gasteiger partial charge >= 0.3 is 5.97 Å². The molecule has 0 radical (unpaired) electrons. The molecule has 1 unspecified atom stereocenters. The van der Waals surface area contributed by atoms with E-state index in [0.717, 1.165) is 12.1 Å². The number of aryl methyl sites for hydroxylation is 1. The highest BCUT2D eigenvalue weighted by molar-refractivity contribution is 9.10. The van der Waals surface area contributed by atoms with Crippen LogP contribution in [-0.4, -0.2) is 32.1 Å². The van der Waals surface area contributed by atoms with Gasteiger partial charge in [0.25, 0.3) is 5.91 Å². The summed E-state index contributed by atoms with van der Waals surface area (Å²) in [6, 6.07) is 8.74. The Balaban J connectivity index is 1.65. The van der Waals surface area contributed by atoms with Crippen LogP contribution < -0.4 is 10.5 Å². The number of benzene rings is 2. The molecule has 186 valence electrons. The second-order valence-corrected chi connectivity index (χ2v) is 8.25. The van der Waals surface area contributed by atoms with Crippen molar-refractivity contribution < 1.29 is 37.2 Å². The molecule has 13 heteroatoms. The Bertz CT molecular complexity index is 1440. The van der Waals surface area contributed by atoms with Crippen LogP contribution in [0.25, 0.3) is 22.6 Å². The smallest absolute Gasteiger partial charge is 0.303 e. The average Bonchev–Trinajstić information content (AvgIpc) is 3.43. The molecule has 1 amide bonds. The topological polar surface area (TPSA) is 155 Å². The molecule has 3 N–H and O–H groups in total. The Morgan fingerprint density at radius 3 is 2.44 bits per heavy atom. The number of carboxylic acids is 1. The normalized spacial score (nSPS) is 11.9. The fourth-order valence-electron chi connectivity index (χ4n) is 3.32. The molecule has 0 aliphatic carbocycles. The van der Waals surface area contributed by atoms with Crippen LogP contribution in [0.5, 0.6) is 5.75 Å². The Morgan fingerprint density at radius 2 is 1.83 bits per heavy atom. The first kappa shape index (κ1) is 25.0. The van der Waals surface area contributed by atoms with Crippen LogP contribution in [0.15, 0.2) is 50.0 Å². The largest absolute Gasteiger partial charge is 0.481 e. The molecule has 0 aliphatic heterocycles. The number of hydrogen-bond acceptors (Lipinski definition) is 8. The van der Waals surface area contributed by atoms with Crippen molar-refractivity contribution in [2.45, 2.75) is 25.9 Å². The lowest BCUT2D eigenvalue weighted by Gasteiger charge is -2.17. The molecular weight excluding hydrogens is 546 g/mol. The molecule has 2 heterocycles. The number of aliphatic carboxylic acids is 1. The maximum atomic E-state index is 14.7. The standard InChI is InChI=1S/C23H17BrF2N4O6/c1-10-28-22(30-36-10)12-4-2-11(3-5-12)19-20(24)35-23(29-19)15(8-9-16(31)32)34-14-7-6-13(25)17(18(14)26)21(27)33/h2-7,15H,8-9H2,1H3,(H2,27,33)(H,31,32). The van der Waals surface area contributed by atoms with Crippen LogP contribution >= 0.6 is 15.9 Å². The van der Waals surface area contributed by atoms with Crippen LogP contribution in [0.4, 0.5) is 8.78 Å². The Labute approximate surface area is 210 Å². The number of hydrogen-bond donors (Lipinski definition) is 2. The summed E-state index contributed by atoms with van der Waals surface area (Å²) in [6.07, 6.45) is -1.72. The van der Waals surface area contributed by atoms with Crippen molar-refractivity contribution in [3.05, 3.63) is 70.0 Å². The van der Waals surface area contributed by atoms with Gasteiger partial charge in [-0.2, -0.15) is 4.98 Å². The summed E-state index contributed by atoms with van der Waals surface area (Å²) in [4.78, 5) is 31.2. The van der Waals surface area contributed by atoms with Gasteiger partial charge in [0.2, 0.25) is 17.6 Å². The van der Waals surface area contributed by atoms with E-state index in [-0.39, 0.29) is 23.4 Å². The van der Waals surface area contributed by atoms with Gasteiger partial charge in [-0.1, -0.05) is 29.4 Å². The van der Waals surface area contributed by atoms with Gasteiger partial charge in [-0.3, -0.25) is 9.59 Å². The third-order valence-electron chi connectivity index (χ3n) is 5.01. The molecule has 0 fully saturated rings. The van der Waals surface area contributed by atoms with Gasteiger partial charge in [-0.05, 0) is 28.1 Å². The molecule has 0 spiro atoms. The predicted molar refractivity (Wildman–Crippen MR) is 123 cm³/mol. The van der Waals surface area contributed by atoms with Gasteiger partial charge in [-0.15, -0.1) is 0 Å². The van der Waals surface area contributed by atoms with Crippen molar-refractivity contribution in [3.63, 3.8) is 0 Å². The van der Waals surface area contributed by atoms with Gasteiger partial charge < -0.3 is 24.5 Å². The van der Waals surface area contributed by atoms with Crippen molar-refractivity contribution >= 4 is 27.8 Å². The molecule has 2 aromatic heterocycles. The second kappa shape index (κ2) is 10.2. The minimum absolute atomic E-state index is 0.0691. The van der Waals surface area contributed by atoms with E-state index in [2.05, 4.69) is 31.1 Å². The van der Waals surface area contributed by atoms with Gasteiger partial charge in [0.15, 0.2) is 22.3 Å². The van der Waals surface area contributed by atoms with Gasteiger partial charge in [0.1, 0.15) is 17.1 Å². The maximum absolute atomic E-state index is 14.7. The van der Waals surface area contributed by atoms with E-state index >= 15 is 0 Å². The van der Waals surface area contributed by atoms with E-state index in [1.165, 1.54) is 0 Å². The van der Waals surface area contributed by atoms with Gasteiger partial charge in [-0.25, -0.2) is 13.8 Å². The molecule has 4 aromatic rings. The van der Waals surface area contributed by atoms with E-state index in [1.807, 2.05) is 0 Å². The highest BCUT2D eigenvalue weighted by Gasteiger charge is 2.27. The molecule has 10 nitrogen and oxygen atoms in total. The molecule has 36 heavy (non-hydrogen) atoms. The van der Waals surface area contributed by atoms with Gasteiger partial charge in [0, 0.05) is 30.9 Å². The number of aromatic nitrogens is 3. The highest BCUT2D eigenvalue weighted by Crippen LogP contribution is 2.35. The molecule has 1 atom stereocenters. The van der Waals surface area contributed by atoms with Crippen LogP contribution in [-0.2, 0) is 4.79 Å². The zero-order valence-corrected chi connectivity index (χ0v) is 20.1. The highest BCUT2D eigenvalue weighted by atomic mass is 79.9. The lowest BCUT2D eigenvalue weighted by atomic mass is 10.1. The zero-order valence-electron chi connectivity index (χ0n) is 18.5. The molecular formula is C23H17BrF2N4O6. The summed E-state index contributed by atoms with van der Waals surface area (Å²) in [7, 11) is 0. The summed E-state index contributed by atoms with van der Waals surface area (Å²) in [5.41, 5.74) is 5.78. The van der Waals surface area contributed by atoms with Crippen LogP contribution in [0.1, 0.15) is 41.1 Å². The van der Waals surface area contributed by atoms with Crippen LogP contribution in [0.2, 0.25) is 0 Å². The first-order valence-electron chi connectivity index (χ1n) is 10.4. The van der Waals surface area contributed by atoms with E-state index in [9.17, 15) is 18.4 Å². The van der Waals surface area contributed by atoms with Crippen molar-refractivity contribution in [2.75, 3.05) is 0 Å². The lowest BCUT2D eigenvalue weighted by molar-refractivity contribution is -0.137. The van der Waals surface area contributed by atoms with E-state index < -0.39 is 40.9 Å². The summed E-state index contributed by atoms with van der Waals surface area (Å²) in [5, 5.41) is 13.0. The monoisotopic (exact) mass is 562 g/mol. The minimum Gasteiger partial charge on any atom is -0.481 e. The molecule has 0 saturated heterocycles. The number of ether oxygens (including phenoxy) is 1. The lowest BCUT2D eigenvalue weighted by Crippen LogP contribution is -2.17. The van der Waals surface area contributed by atoms with Crippen LogP contribution in [0.3, 0.4) is 0 Å². The number of primary amides is 1. The summed E-state index contributed by atoms with van der Waals surface area (Å²) < 4.78 is 45.0. The summed E-state index contributed by atoms with van der Waals surface area (Å²) in [5.74, 6) is -4.69. The molecule has 2 aromatic carbocycles. The van der Waals surface area contributed by atoms with E-state index in [0.29, 0.717) is 28.5 Å². The third-order valence-corrected chi connectivity index (χ3v) is 5.55. The molecule has 0 bridgehead atoms. The first-order chi connectivity index (χ1) is 17.1. The van der Waals surface area contributed by atoms with Gasteiger partial charge in [0.05, 0.1) is 0 Å². The number of rotatable bonds is 9. The SMILES string of the molecule is Cc1nc(-c2ccc(-c3nc(C(CCC(=O)O)Oc4ccc(F)c(C(N)=O)c4F)oc3Br)cc2)no1. The van der Waals surface area contributed by atoms with E-state index in [1.54, 1.807) is 31.2 Å². The number of carboxylic acid groups (broad SMARTS) is 1. The van der Waals surface area contributed by atoms with Crippen LogP contribution in [0, 0.1) is 18.6 Å². The van der Waals surface area contributed by atoms with Crippen molar-refractivity contribution in [1.82, 2.24) is 15.1 Å². The fraction of sp³-hybridized carbons (Fsp3) is 0.174. The predicted octanol–water partition coefficient (Wildman–Crippen LogP) is 4.82. The third kappa shape index (κ3) is 5.25. The first-order valence-corrected chi connectivity index (χ1v) is 11.2. The zero-order chi connectivity index (χ0) is 26.0. The number of oxazole rings is 1. The minimum atomic E-state index is -1.32. The molecule has 0 aliphatic rings.